The van der Waals surface area contributed by atoms with Crippen molar-refractivity contribution in [3.8, 4) is 0 Å². The van der Waals surface area contributed by atoms with Crippen LogP contribution in [0.1, 0.15) is 39.2 Å². The van der Waals surface area contributed by atoms with E-state index in [0.717, 1.165) is 25.9 Å². The summed E-state index contributed by atoms with van der Waals surface area (Å²) >= 11 is 0. The zero-order chi connectivity index (χ0) is 13.4. The van der Waals surface area contributed by atoms with E-state index in [1.165, 1.54) is 0 Å². The highest BCUT2D eigenvalue weighted by atomic mass is 19.1. The molecule has 2 N–H and O–H groups in total. The molecule has 0 saturated carbocycles. The average molecular weight is 253 g/mol. The fourth-order valence-electron chi connectivity index (χ4n) is 1.82. The molecule has 1 heterocycles. The van der Waals surface area contributed by atoms with Crippen molar-refractivity contribution in [1.29, 1.82) is 0 Å². The summed E-state index contributed by atoms with van der Waals surface area (Å²) in [6.45, 7) is 8.47. The molecule has 4 heteroatoms. The summed E-state index contributed by atoms with van der Waals surface area (Å²) in [6.07, 6.45) is 3.86. The van der Waals surface area contributed by atoms with Crippen molar-refractivity contribution in [2.45, 2.75) is 40.2 Å². The molecule has 102 valence electrons. The zero-order valence-corrected chi connectivity index (χ0v) is 11.6. The van der Waals surface area contributed by atoms with E-state index in [1.54, 1.807) is 12.3 Å². The summed E-state index contributed by atoms with van der Waals surface area (Å²) < 4.78 is 14.1. The topological polar surface area (TPSA) is 37.0 Å². The van der Waals surface area contributed by atoms with E-state index in [2.05, 4.69) is 29.5 Å². The van der Waals surface area contributed by atoms with E-state index in [9.17, 15) is 4.39 Å². The van der Waals surface area contributed by atoms with Crippen LogP contribution in [0, 0.1) is 11.7 Å². The molecule has 0 atom stereocenters. The first kappa shape index (κ1) is 14.9. The Morgan fingerprint density at radius 1 is 1.28 bits per heavy atom. The highest BCUT2D eigenvalue weighted by molar-refractivity contribution is 5.39. The second kappa shape index (κ2) is 8.03. The number of nitrogens with zero attached hydrogens (tertiary/aromatic N) is 1. The van der Waals surface area contributed by atoms with Crippen molar-refractivity contribution in [2.24, 2.45) is 5.92 Å². The zero-order valence-electron chi connectivity index (χ0n) is 11.6. The smallest absolute Gasteiger partial charge is 0.169 e. The van der Waals surface area contributed by atoms with Gasteiger partial charge in [-0.25, -0.2) is 9.37 Å². The highest BCUT2D eigenvalue weighted by Gasteiger charge is 2.10. The Balaban J connectivity index is 2.65. The molecule has 0 amide bonds. The Labute approximate surface area is 109 Å². The van der Waals surface area contributed by atoms with Crippen LogP contribution in [-0.4, -0.2) is 18.1 Å². The molecule has 0 fully saturated rings. The lowest BCUT2D eigenvalue weighted by Gasteiger charge is -2.15. The van der Waals surface area contributed by atoms with Crippen LogP contribution in [0.3, 0.4) is 0 Å². The number of nitrogens with one attached hydrogen (secondary N) is 2. The number of rotatable bonds is 8. The number of hydrogen-bond donors (Lipinski definition) is 2. The first-order valence-electron chi connectivity index (χ1n) is 6.80. The molecule has 0 unspecified atom stereocenters. The fourth-order valence-corrected chi connectivity index (χ4v) is 1.82. The lowest BCUT2D eigenvalue weighted by atomic mass is 10.0. The standard InChI is InChI=1S/C14H24FN3/c1-4-11(5-2)9-18-14-13(15)12(7-8-17-14)10-16-6-3/h7-8,11,16H,4-6,9-10H2,1-3H3,(H,17,18). The summed E-state index contributed by atoms with van der Waals surface area (Å²) in [4.78, 5) is 4.07. The minimum Gasteiger partial charge on any atom is -0.367 e. The third-order valence-electron chi connectivity index (χ3n) is 3.25. The minimum atomic E-state index is -0.232. The SMILES string of the molecule is CCNCc1ccnc(NCC(CC)CC)c1F. The Morgan fingerprint density at radius 2 is 2.00 bits per heavy atom. The normalized spacial score (nSPS) is 10.9. The van der Waals surface area contributed by atoms with Crippen LogP contribution >= 0.6 is 0 Å². The van der Waals surface area contributed by atoms with Gasteiger partial charge in [0, 0.05) is 24.8 Å². The van der Waals surface area contributed by atoms with E-state index in [0.29, 0.717) is 23.8 Å². The summed E-state index contributed by atoms with van der Waals surface area (Å²) in [5.41, 5.74) is 0.666. The third kappa shape index (κ3) is 4.26. The van der Waals surface area contributed by atoms with Crippen LogP contribution < -0.4 is 10.6 Å². The molecule has 0 aliphatic rings. The predicted octanol–water partition coefficient (Wildman–Crippen LogP) is 3.18. The van der Waals surface area contributed by atoms with Crippen LogP contribution in [-0.2, 0) is 6.54 Å². The quantitative estimate of drug-likeness (QED) is 0.747. The Bertz CT molecular complexity index is 351. The van der Waals surface area contributed by atoms with Gasteiger partial charge in [0.2, 0.25) is 0 Å². The maximum absolute atomic E-state index is 14.1. The number of aromatic nitrogens is 1. The van der Waals surface area contributed by atoms with Gasteiger partial charge in [0.25, 0.3) is 0 Å². The molecule has 18 heavy (non-hydrogen) atoms. The maximum Gasteiger partial charge on any atom is 0.169 e. The van der Waals surface area contributed by atoms with Crippen molar-refractivity contribution < 1.29 is 4.39 Å². The monoisotopic (exact) mass is 253 g/mol. The Hall–Kier alpha value is -1.16. The third-order valence-corrected chi connectivity index (χ3v) is 3.25. The maximum atomic E-state index is 14.1. The molecule has 0 spiro atoms. The molecule has 0 aliphatic heterocycles. The number of halogens is 1. The first-order valence-corrected chi connectivity index (χ1v) is 6.80. The molecule has 1 rings (SSSR count). The molecule has 0 aromatic carbocycles. The summed E-state index contributed by atoms with van der Waals surface area (Å²) in [5.74, 6) is 0.713. The van der Waals surface area contributed by atoms with Gasteiger partial charge >= 0.3 is 0 Å². The van der Waals surface area contributed by atoms with Crippen molar-refractivity contribution in [3.05, 3.63) is 23.6 Å². The van der Waals surface area contributed by atoms with Gasteiger partial charge in [0.15, 0.2) is 11.6 Å². The first-order chi connectivity index (χ1) is 8.72. The van der Waals surface area contributed by atoms with Crippen LogP contribution in [0.2, 0.25) is 0 Å². The van der Waals surface area contributed by atoms with Crippen LogP contribution in [0.15, 0.2) is 12.3 Å². The molecule has 0 aliphatic carbocycles. The van der Waals surface area contributed by atoms with Crippen molar-refractivity contribution in [1.82, 2.24) is 10.3 Å². The molecule has 3 nitrogen and oxygen atoms in total. The second-order valence-electron chi connectivity index (χ2n) is 4.48. The number of hydrogen-bond acceptors (Lipinski definition) is 3. The molecular formula is C14H24FN3. The van der Waals surface area contributed by atoms with Crippen molar-refractivity contribution in [3.63, 3.8) is 0 Å². The van der Waals surface area contributed by atoms with Gasteiger partial charge in [-0.05, 0) is 18.5 Å². The van der Waals surface area contributed by atoms with Crippen LogP contribution in [0.5, 0.6) is 0 Å². The van der Waals surface area contributed by atoms with Gasteiger partial charge < -0.3 is 10.6 Å². The van der Waals surface area contributed by atoms with Crippen molar-refractivity contribution >= 4 is 5.82 Å². The van der Waals surface area contributed by atoms with Crippen LogP contribution in [0.4, 0.5) is 10.2 Å². The number of pyridine rings is 1. The summed E-state index contributed by atoms with van der Waals surface area (Å²) in [5, 5.41) is 6.24. The Morgan fingerprint density at radius 3 is 2.61 bits per heavy atom. The summed E-state index contributed by atoms with van der Waals surface area (Å²) in [6, 6.07) is 1.72. The molecule has 1 aromatic rings. The minimum absolute atomic E-state index is 0.232. The Kier molecular flexibility index (Phi) is 6.65. The van der Waals surface area contributed by atoms with Gasteiger partial charge in [-0.15, -0.1) is 0 Å². The highest BCUT2D eigenvalue weighted by Crippen LogP contribution is 2.16. The van der Waals surface area contributed by atoms with Crippen molar-refractivity contribution in [2.75, 3.05) is 18.4 Å². The van der Waals surface area contributed by atoms with Gasteiger partial charge in [-0.1, -0.05) is 33.6 Å². The van der Waals surface area contributed by atoms with Gasteiger partial charge in [0.05, 0.1) is 0 Å². The molecule has 0 radical (unpaired) electrons. The van der Waals surface area contributed by atoms with Gasteiger partial charge in [-0.2, -0.15) is 0 Å². The van der Waals surface area contributed by atoms with E-state index < -0.39 is 0 Å². The van der Waals surface area contributed by atoms with E-state index in [-0.39, 0.29) is 5.82 Å². The lowest BCUT2D eigenvalue weighted by molar-refractivity contribution is 0.514. The predicted molar refractivity (Wildman–Crippen MR) is 74.1 cm³/mol. The number of anilines is 1. The van der Waals surface area contributed by atoms with Crippen LogP contribution in [0.25, 0.3) is 0 Å². The second-order valence-corrected chi connectivity index (χ2v) is 4.48. The molecule has 0 bridgehead atoms. The largest absolute Gasteiger partial charge is 0.367 e. The molecule has 0 saturated heterocycles. The summed E-state index contributed by atoms with van der Waals surface area (Å²) in [7, 11) is 0. The van der Waals surface area contributed by atoms with E-state index in [4.69, 9.17) is 0 Å². The average Bonchev–Trinajstić information content (AvgIpc) is 2.40. The fraction of sp³-hybridized carbons (Fsp3) is 0.643. The molecule has 1 aromatic heterocycles. The van der Waals surface area contributed by atoms with Gasteiger partial charge in [-0.3, -0.25) is 0 Å². The van der Waals surface area contributed by atoms with E-state index in [1.807, 2.05) is 6.92 Å². The van der Waals surface area contributed by atoms with Gasteiger partial charge in [0.1, 0.15) is 0 Å². The van der Waals surface area contributed by atoms with E-state index >= 15 is 0 Å². The lowest BCUT2D eigenvalue weighted by Crippen LogP contribution is -2.17. The molecular weight excluding hydrogens is 229 g/mol.